The van der Waals surface area contributed by atoms with Crippen LogP contribution < -0.4 is 0 Å². The van der Waals surface area contributed by atoms with Crippen molar-refractivity contribution in [3.63, 3.8) is 0 Å². The van der Waals surface area contributed by atoms with Crippen molar-refractivity contribution in [2.75, 3.05) is 25.1 Å². The lowest BCUT2D eigenvalue weighted by Gasteiger charge is -2.37. The van der Waals surface area contributed by atoms with Crippen LogP contribution in [-0.2, 0) is 14.3 Å². The van der Waals surface area contributed by atoms with Crippen LogP contribution in [0.15, 0.2) is 0 Å². The average molecular weight is 320 g/mol. The highest BCUT2D eigenvalue weighted by Crippen LogP contribution is 2.34. The molecular weight excluding hydrogens is 298 g/mol. The number of carbonyl (C=O) groups is 1. The van der Waals surface area contributed by atoms with E-state index in [1.165, 1.54) is 0 Å². The standard InChI is InChI=1S/C13H22BrNO3/c1-8-9(2)18-10(3)12(8)13(16)15-4-5-17-7-11(15)6-14/h8-12H,4-7H2,1-3H3. The minimum absolute atomic E-state index is 0.0142. The first-order valence-corrected chi connectivity index (χ1v) is 7.78. The maximum atomic E-state index is 12.7. The molecule has 5 heteroatoms. The number of hydrogen-bond donors (Lipinski definition) is 0. The molecule has 0 aromatic carbocycles. The van der Waals surface area contributed by atoms with E-state index in [0.717, 1.165) is 5.33 Å². The summed E-state index contributed by atoms with van der Waals surface area (Å²) in [6.45, 7) is 8.13. The first-order chi connectivity index (χ1) is 8.56. The Bertz CT molecular complexity index is 313. The van der Waals surface area contributed by atoms with Crippen molar-refractivity contribution >= 4 is 21.8 Å². The largest absolute Gasteiger partial charge is 0.377 e. The molecule has 0 aliphatic carbocycles. The van der Waals surface area contributed by atoms with Crippen LogP contribution in [0.2, 0.25) is 0 Å². The Hall–Kier alpha value is -0.130. The normalized spacial score (nSPS) is 41.1. The Kier molecular flexibility index (Phi) is 4.67. The summed E-state index contributed by atoms with van der Waals surface area (Å²) in [6.07, 6.45) is 0.179. The van der Waals surface area contributed by atoms with Gasteiger partial charge in [-0.05, 0) is 19.8 Å². The number of carbonyl (C=O) groups excluding carboxylic acids is 1. The lowest BCUT2D eigenvalue weighted by atomic mass is 9.88. The van der Waals surface area contributed by atoms with E-state index in [9.17, 15) is 4.79 Å². The van der Waals surface area contributed by atoms with Crippen LogP contribution in [0, 0.1) is 11.8 Å². The highest BCUT2D eigenvalue weighted by atomic mass is 79.9. The first kappa shape index (κ1) is 14.3. The van der Waals surface area contributed by atoms with E-state index in [1.807, 2.05) is 11.8 Å². The molecule has 1 amide bonds. The van der Waals surface area contributed by atoms with Gasteiger partial charge in [-0.2, -0.15) is 0 Å². The summed E-state index contributed by atoms with van der Waals surface area (Å²) in [7, 11) is 0. The van der Waals surface area contributed by atoms with Gasteiger partial charge in [0.05, 0.1) is 37.4 Å². The van der Waals surface area contributed by atoms with Gasteiger partial charge in [0, 0.05) is 11.9 Å². The number of amides is 1. The predicted molar refractivity (Wildman–Crippen MR) is 72.8 cm³/mol. The van der Waals surface area contributed by atoms with Gasteiger partial charge in [-0.1, -0.05) is 22.9 Å². The van der Waals surface area contributed by atoms with Gasteiger partial charge in [0.2, 0.25) is 5.91 Å². The van der Waals surface area contributed by atoms with Crippen LogP contribution in [0.3, 0.4) is 0 Å². The summed E-state index contributed by atoms with van der Waals surface area (Å²) in [5, 5.41) is 0.768. The highest BCUT2D eigenvalue weighted by molar-refractivity contribution is 9.09. The number of hydrogen-bond acceptors (Lipinski definition) is 3. The van der Waals surface area contributed by atoms with Gasteiger partial charge in [0.1, 0.15) is 0 Å². The second kappa shape index (κ2) is 5.88. The maximum absolute atomic E-state index is 12.7. The molecule has 4 nitrogen and oxygen atoms in total. The molecule has 18 heavy (non-hydrogen) atoms. The molecule has 0 spiro atoms. The molecule has 2 aliphatic rings. The molecular formula is C13H22BrNO3. The van der Waals surface area contributed by atoms with Crippen molar-refractivity contribution < 1.29 is 14.3 Å². The van der Waals surface area contributed by atoms with Crippen LogP contribution in [-0.4, -0.2) is 54.1 Å². The molecule has 0 N–H and O–H groups in total. The van der Waals surface area contributed by atoms with E-state index in [1.54, 1.807) is 0 Å². The van der Waals surface area contributed by atoms with Crippen LogP contribution in [0.5, 0.6) is 0 Å². The first-order valence-electron chi connectivity index (χ1n) is 6.66. The third kappa shape index (κ3) is 2.58. The Morgan fingerprint density at radius 1 is 1.33 bits per heavy atom. The number of morpholine rings is 1. The Balaban J connectivity index is 2.10. The lowest BCUT2D eigenvalue weighted by Crippen LogP contribution is -2.53. The molecule has 104 valence electrons. The second-order valence-electron chi connectivity index (χ2n) is 5.35. The number of alkyl halides is 1. The molecule has 0 aromatic rings. The maximum Gasteiger partial charge on any atom is 0.229 e. The van der Waals surface area contributed by atoms with E-state index >= 15 is 0 Å². The molecule has 0 aromatic heterocycles. The van der Waals surface area contributed by atoms with E-state index in [-0.39, 0.29) is 36.0 Å². The molecule has 2 fully saturated rings. The molecule has 2 saturated heterocycles. The minimum atomic E-state index is -0.0142. The van der Waals surface area contributed by atoms with E-state index < -0.39 is 0 Å². The second-order valence-corrected chi connectivity index (χ2v) is 5.99. The zero-order valence-electron chi connectivity index (χ0n) is 11.3. The van der Waals surface area contributed by atoms with Gasteiger partial charge in [-0.3, -0.25) is 4.79 Å². The molecule has 5 unspecified atom stereocenters. The molecule has 2 heterocycles. The monoisotopic (exact) mass is 319 g/mol. The summed E-state index contributed by atoms with van der Waals surface area (Å²) >= 11 is 3.47. The zero-order valence-corrected chi connectivity index (χ0v) is 12.9. The number of ether oxygens (including phenoxy) is 2. The fourth-order valence-corrected chi connectivity index (χ4v) is 3.49. The summed E-state index contributed by atoms with van der Waals surface area (Å²) in [5.74, 6) is 0.498. The molecule has 0 radical (unpaired) electrons. The smallest absolute Gasteiger partial charge is 0.229 e. The van der Waals surface area contributed by atoms with Gasteiger partial charge in [-0.15, -0.1) is 0 Å². The fraction of sp³-hybridized carbons (Fsp3) is 0.923. The lowest BCUT2D eigenvalue weighted by molar-refractivity contribution is -0.145. The van der Waals surface area contributed by atoms with Crippen molar-refractivity contribution in [1.29, 1.82) is 0 Å². The van der Waals surface area contributed by atoms with E-state index in [4.69, 9.17) is 9.47 Å². The Labute approximate surface area is 117 Å². The molecule has 5 atom stereocenters. The topological polar surface area (TPSA) is 38.8 Å². The summed E-state index contributed by atoms with van der Waals surface area (Å²) in [5.41, 5.74) is 0. The number of rotatable bonds is 2. The van der Waals surface area contributed by atoms with Crippen molar-refractivity contribution in [1.82, 2.24) is 4.90 Å². The van der Waals surface area contributed by atoms with Gasteiger partial charge in [-0.25, -0.2) is 0 Å². The number of nitrogens with zero attached hydrogens (tertiary/aromatic N) is 1. The summed E-state index contributed by atoms with van der Waals surface area (Å²) in [4.78, 5) is 14.7. The molecule has 0 bridgehead atoms. The third-order valence-electron chi connectivity index (χ3n) is 4.22. The zero-order chi connectivity index (χ0) is 13.3. The van der Waals surface area contributed by atoms with Crippen LogP contribution in [0.25, 0.3) is 0 Å². The SMILES string of the molecule is CC1OC(C)C(C(=O)N2CCOCC2CBr)C1C. The predicted octanol–water partition coefficient (Wildman–Crippen LogP) is 1.67. The average Bonchev–Trinajstić information content (AvgIpc) is 2.62. The van der Waals surface area contributed by atoms with E-state index in [0.29, 0.717) is 19.8 Å². The molecule has 2 rings (SSSR count). The van der Waals surface area contributed by atoms with Crippen molar-refractivity contribution in [3.05, 3.63) is 0 Å². The summed E-state index contributed by atoms with van der Waals surface area (Å²) in [6, 6.07) is 0.154. The Morgan fingerprint density at radius 2 is 2.06 bits per heavy atom. The fourth-order valence-electron chi connectivity index (χ4n) is 2.96. The van der Waals surface area contributed by atoms with Crippen LogP contribution in [0.4, 0.5) is 0 Å². The van der Waals surface area contributed by atoms with Crippen molar-refractivity contribution in [2.45, 2.75) is 39.0 Å². The van der Waals surface area contributed by atoms with Gasteiger partial charge < -0.3 is 14.4 Å². The third-order valence-corrected chi connectivity index (χ3v) is 4.96. The van der Waals surface area contributed by atoms with Gasteiger partial charge in [0.15, 0.2) is 0 Å². The Morgan fingerprint density at radius 3 is 2.61 bits per heavy atom. The molecule has 0 saturated carbocycles. The van der Waals surface area contributed by atoms with Crippen molar-refractivity contribution in [3.8, 4) is 0 Å². The van der Waals surface area contributed by atoms with Crippen LogP contribution in [0.1, 0.15) is 20.8 Å². The van der Waals surface area contributed by atoms with Crippen LogP contribution >= 0.6 is 15.9 Å². The van der Waals surface area contributed by atoms with E-state index in [2.05, 4.69) is 29.8 Å². The van der Waals surface area contributed by atoms with Gasteiger partial charge >= 0.3 is 0 Å². The van der Waals surface area contributed by atoms with Gasteiger partial charge in [0.25, 0.3) is 0 Å². The quantitative estimate of drug-likeness (QED) is 0.727. The highest BCUT2D eigenvalue weighted by Gasteiger charge is 2.44. The molecule has 2 aliphatic heterocycles. The summed E-state index contributed by atoms with van der Waals surface area (Å²) < 4.78 is 11.2. The minimum Gasteiger partial charge on any atom is -0.377 e. The number of halogens is 1. The van der Waals surface area contributed by atoms with Crippen molar-refractivity contribution in [2.24, 2.45) is 11.8 Å².